The first-order valence-corrected chi connectivity index (χ1v) is 9.87. The molecule has 2 amide bonds. The summed E-state index contributed by atoms with van der Waals surface area (Å²) < 4.78 is 13.2. The van der Waals surface area contributed by atoms with Gasteiger partial charge in [-0.05, 0) is 60.9 Å². The number of benzene rings is 3. The highest BCUT2D eigenvalue weighted by Gasteiger charge is 2.24. The number of carbonyl (C=O) groups excluding carboxylic acids is 2. The summed E-state index contributed by atoms with van der Waals surface area (Å²) in [6, 6.07) is 21.6. The van der Waals surface area contributed by atoms with E-state index in [0.717, 1.165) is 18.4 Å². The molecule has 0 unspecified atom stereocenters. The van der Waals surface area contributed by atoms with Crippen molar-refractivity contribution in [3.63, 3.8) is 0 Å². The van der Waals surface area contributed by atoms with Crippen LogP contribution in [0.4, 0.5) is 15.8 Å². The highest BCUT2D eigenvalue weighted by atomic mass is 19.1. The molecule has 0 heterocycles. The highest BCUT2D eigenvalue weighted by Crippen LogP contribution is 2.24. The topological polar surface area (TPSA) is 70.2 Å². The molecule has 3 N–H and O–H groups in total. The van der Waals surface area contributed by atoms with Gasteiger partial charge in [-0.3, -0.25) is 9.59 Å². The number of carbonyl (C=O) groups is 2. The van der Waals surface area contributed by atoms with Gasteiger partial charge in [0.1, 0.15) is 11.9 Å². The second kappa shape index (κ2) is 8.78. The van der Waals surface area contributed by atoms with E-state index in [1.165, 1.54) is 24.3 Å². The van der Waals surface area contributed by atoms with Crippen molar-refractivity contribution in [3.8, 4) is 0 Å². The van der Waals surface area contributed by atoms with Gasteiger partial charge in [-0.25, -0.2) is 4.39 Å². The van der Waals surface area contributed by atoms with E-state index in [1.807, 2.05) is 36.4 Å². The zero-order valence-electron chi connectivity index (χ0n) is 16.3. The third-order valence-electron chi connectivity index (χ3n) is 4.86. The second-order valence-corrected chi connectivity index (χ2v) is 7.31. The first-order chi connectivity index (χ1) is 14.6. The molecule has 6 heteroatoms. The van der Waals surface area contributed by atoms with E-state index in [-0.39, 0.29) is 23.7 Å². The van der Waals surface area contributed by atoms with Gasteiger partial charge < -0.3 is 16.0 Å². The minimum absolute atomic E-state index is 0.117. The monoisotopic (exact) mass is 403 g/mol. The Morgan fingerprint density at radius 3 is 2.30 bits per heavy atom. The van der Waals surface area contributed by atoms with Crippen molar-refractivity contribution in [2.24, 2.45) is 0 Å². The van der Waals surface area contributed by atoms with E-state index in [4.69, 9.17) is 0 Å². The summed E-state index contributed by atoms with van der Waals surface area (Å²) >= 11 is 0. The molecule has 5 nitrogen and oxygen atoms in total. The second-order valence-electron chi connectivity index (χ2n) is 7.31. The molecule has 0 saturated heterocycles. The van der Waals surface area contributed by atoms with Crippen LogP contribution in [0, 0.1) is 5.82 Å². The van der Waals surface area contributed by atoms with Crippen LogP contribution >= 0.6 is 0 Å². The smallest absolute Gasteiger partial charge is 0.251 e. The summed E-state index contributed by atoms with van der Waals surface area (Å²) in [5.41, 5.74) is 2.46. The first kappa shape index (κ1) is 19.6. The molecule has 1 atom stereocenters. The van der Waals surface area contributed by atoms with Crippen molar-refractivity contribution in [2.45, 2.75) is 24.9 Å². The van der Waals surface area contributed by atoms with Gasteiger partial charge in [0.05, 0.1) is 0 Å². The van der Waals surface area contributed by atoms with Gasteiger partial charge in [0, 0.05) is 23.0 Å². The maximum atomic E-state index is 13.2. The molecule has 4 rings (SSSR count). The zero-order valence-corrected chi connectivity index (χ0v) is 16.3. The molecule has 1 saturated carbocycles. The zero-order chi connectivity index (χ0) is 20.9. The number of amides is 2. The predicted octanol–water partition coefficient (Wildman–Crippen LogP) is 4.51. The van der Waals surface area contributed by atoms with E-state index in [1.54, 1.807) is 18.2 Å². The van der Waals surface area contributed by atoms with E-state index >= 15 is 0 Å². The molecule has 3 aromatic carbocycles. The Kier molecular flexibility index (Phi) is 5.75. The summed E-state index contributed by atoms with van der Waals surface area (Å²) in [7, 11) is 0. The fourth-order valence-electron chi connectivity index (χ4n) is 3.11. The predicted molar refractivity (Wildman–Crippen MR) is 115 cm³/mol. The van der Waals surface area contributed by atoms with Crippen LogP contribution in [0.15, 0.2) is 78.9 Å². The van der Waals surface area contributed by atoms with Gasteiger partial charge in [-0.2, -0.15) is 0 Å². The summed E-state index contributed by atoms with van der Waals surface area (Å²) in [6.07, 6.45) is 2.03. The minimum Gasteiger partial charge on any atom is -0.370 e. The number of anilines is 2. The summed E-state index contributed by atoms with van der Waals surface area (Å²) in [6.45, 7) is 0. The molecule has 0 aliphatic heterocycles. The normalized spacial score (nSPS) is 13.9. The standard InChI is InChI=1S/C24H22FN3O2/c25-18-9-11-19(12-10-18)28-24(30)22(16-5-2-1-3-6-16)26-21-8-4-7-17(15-21)23(29)27-20-13-14-20/h1-12,15,20,22,26H,13-14H2,(H,27,29)(H,28,30)/t22-/m1/s1. The third kappa shape index (κ3) is 5.03. The molecule has 0 radical (unpaired) electrons. The molecule has 152 valence electrons. The van der Waals surface area contributed by atoms with Crippen LogP contribution in [0.25, 0.3) is 0 Å². The minimum atomic E-state index is -0.696. The van der Waals surface area contributed by atoms with Gasteiger partial charge >= 0.3 is 0 Å². The molecular weight excluding hydrogens is 381 g/mol. The Hall–Kier alpha value is -3.67. The van der Waals surface area contributed by atoms with E-state index in [9.17, 15) is 14.0 Å². The molecule has 0 bridgehead atoms. The number of hydrogen-bond acceptors (Lipinski definition) is 3. The Balaban J connectivity index is 1.55. The highest BCUT2D eigenvalue weighted by molar-refractivity contribution is 5.98. The lowest BCUT2D eigenvalue weighted by molar-refractivity contribution is -0.117. The van der Waals surface area contributed by atoms with Crippen LogP contribution in [0.1, 0.15) is 34.8 Å². The first-order valence-electron chi connectivity index (χ1n) is 9.87. The van der Waals surface area contributed by atoms with E-state index in [0.29, 0.717) is 16.9 Å². The van der Waals surface area contributed by atoms with E-state index in [2.05, 4.69) is 16.0 Å². The molecular formula is C24H22FN3O2. The average molecular weight is 403 g/mol. The molecule has 3 aromatic rings. The molecule has 30 heavy (non-hydrogen) atoms. The number of halogens is 1. The van der Waals surface area contributed by atoms with Crippen molar-refractivity contribution in [2.75, 3.05) is 10.6 Å². The van der Waals surface area contributed by atoms with Gasteiger partial charge in [-0.1, -0.05) is 36.4 Å². The van der Waals surface area contributed by atoms with Crippen molar-refractivity contribution >= 4 is 23.2 Å². The Morgan fingerprint density at radius 1 is 0.867 bits per heavy atom. The Morgan fingerprint density at radius 2 is 1.60 bits per heavy atom. The summed E-state index contributed by atoms with van der Waals surface area (Å²) in [5, 5.41) is 9.00. The van der Waals surface area contributed by atoms with Crippen molar-refractivity contribution < 1.29 is 14.0 Å². The van der Waals surface area contributed by atoms with Crippen molar-refractivity contribution in [1.82, 2.24) is 5.32 Å². The van der Waals surface area contributed by atoms with Crippen LogP contribution in [0.2, 0.25) is 0 Å². The summed E-state index contributed by atoms with van der Waals surface area (Å²) in [4.78, 5) is 25.4. The van der Waals surface area contributed by atoms with Gasteiger partial charge in [-0.15, -0.1) is 0 Å². The molecule has 1 aliphatic carbocycles. The maximum Gasteiger partial charge on any atom is 0.251 e. The molecule has 1 fully saturated rings. The summed E-state index contributed by atoms with van der Waals surface area (Å²) in [5.74, 6) is -0.777. The van der Waals surface area contributed by atoms with Crippen LogP contribution in [0.5, 0.6) is 0 Å². The number of nitrogens with one attached hydrogen (secondary N) is 3. The largest absolute Gasteiger partial charge is 0.370 e. The molecule has 0 spiro atoms. The number of rotatable bonds is 7. The van der Waals surface area contributed by atoms with Gasteiger partial charge in [0.2, 0.25) is 0 Å². The molecule has 0 aromatic heterocycles. The van der Waals surface area contributed by atoms with Crippen LogP contribution in [-0.2, 0) is 4.79 Å². The Labute approximate surface area is 174 Å². The van der Waals surface area contributed by atoms with Gasteiger partial charge in [0.15, 0.2) is 0 Å². The Bertz CT molecular complexity index is 1030. The third-order valence-corrected chi connectivity index (χ3v) is 4.86. The number of hydrogen-bond donors (Lipinski definition) is 3. The van der Waals surface area contributed by atoms with Crippen LogP contribution in [0.3, 0.4) is 0 Å². The van der Waals surface area contributed by atoms with Crippen LogP contribution < -0.4 is 16.0 Å². The van der Waals surface area contributed by atoms with Gasteiger partial charge in [0.25, 0.3) is 11.8 Å². The SMILES string of the molecule is O=C(NC1CC1)c1cccc(N[C@@H](C(=O)Nc2ccc(F)cc2)c2ccccc2)c1. The molecule has 1 aliphatic rings. The van der Waals surface area contributed by atoms with E-state index < -0.39 is 6.04 Å². The van der Waals surface area contributed by atoms with Crippen molar-refractivity contribution in [1.29, 1.82) is 0 Å². The average Bonchev–Trinajstić information content (AvgIpc) is 3.58. The fraction of sp³-hybridized carbons (Fsp3) is 0.167. The fourth-order valence-corrected chi connectivity index (χ4v) is 3.11. The lowest BCUT2D eigenvalue weighted by Gasteiger charge is -2.20. The van der Waals surface area contributed by atoms with Crippen LogP contribution in [-0.4, -0.2) is 17.9 Å². The lowest BCUT2D eigenvalue weighted by atomic mass is 10.0. The quantitative estimate of drug-likeness (QED) is 0.544. The maximum absolute atomic E-state index is 13.2. The van der Waals surface area contributed by atoms with Crippen molar-refractivity contribution in [3.05, 3.63) is 95.8 Å². The lowest BCUT2D eigenvalue weighted by Crippen LogP contribution is -2.28.